The lowest BCUT2D eigenvalue weighted by Gasteiger charge is -2.25. The summed E-state index contributed by atoms with van der Waals surface area (Å²) in [5.74, 6) is 0.945. The molecule has 3 aromatic carbocycles. The van der Waals surface area contributed by atoms with Crippen LogP contribution in [0.2, 0.25) is 0 Å². The summed E-state index contributed by atoms with van der Waals surface area (Å²) in [4.78, 5) is 2.19. The van der Waals surface area contributed by atoms with Crippen molar-refractivity contribution in [3.05, 3.63) is 78.4 Å². The zero-order chi connectivity index (χ0) is 15.4. The average Bonchev–Trinajstić information content (AvgIpc) is 2.56. The second-order valence-corrected chi connectivity index (χ2v) is 5.68. The third kappa shape index (κ3) is 3.12. The molecule has 0 aliphatic rings. The maximum Gasteiger partial charge on any atom is 0.127 e. The van der Waals surface area contributed by atoms with Crippen LogP contribution in [0.15, 0.2) is 72.8 Å². The van der Waals surface area contributed by atoms with Gasteiger partial charge in [0, 0.05) is 5.39 Å². The van der Waals surface area contributed by atoms with Gasteiger partial charge in [-0.2, -0.15) is 0 Å². The Morgan fingerprint density at radius 2 is 1.50 bits per heavy atom. The van der Waals surface area contributed by atoms with Crippen LogP contribution in [0.5, 0.6) is 5.75 Å². The van der Waals surface area contributed by atoms with E-state index >= 15 is 0 Å². The van der Waals surface area contributed by atoms with Crippen LogP contribution in [0.25, 0.3) is 10.8 Å². The van der Waals surface area contributed by atoms with Gasteiger partial charge in [-0.15, -0.1) is 0 Å². The third-order valence-electron chi connectivity index (χ3n) is 3.95. The van der Waals surface area contributed by atoms with Gasteiger partial charge >= 0.3 is 0 Å². The molecule has 0 spiro atoms. The third-order valence-corrected chi connectivity index (χ3v) is 3.95. The minimum Gasteiger partial charge on any atom is -0.491 e. The van der Waals surface area contributed by atoms with Crippen molar-refractivity contribution in [2.45, 2.75) is 6.04 Å². The summed E-state index contributed by atoms with van der Waals surface area (Å²) in [6.45, 7) is 0.630. The first kappa shape index (κ1) is 14.6. The molecule has 22 heavy (non-hydrogen) atoms. The van der Waals surface area contributed by atoms with Crippen molar-refractivity contribution in [2.75, 3.05) is 20.7 Å². The molecule has 0 saturated carbocycles. The van der Waals surface area contributed by atoms with E-state index in [4.69, 9.17) is 4.74 Å². The number of fused-ring (bicyclic) bond motifs is 1. The van der Waals surface area contributed by atoms with Gasteiger partial charge in [0.25, 0.3) is 0 Å². The number of rotatable bonds is 5. The van der Waals surface area contributed by atoms with Gasteiger partial charge in [0.15, 0.2) is 0 Å². The number of hydrogen-bond donors (Lipinski definition) is 0. The summed E-state index contributed by atoms with van der Waals surface area (Å²) < 4.78 is 6.16. The van der Waals surface area contributed by atoms with Crippen LogP contribution < -0.4 is 4.74 Å². The fraction of sp³-hybridized carbons (Fsp3) is 0.200. The number of ether oxygens (including phenoxy) is 1. The molecule has 112 valence electrons. The molecule has 0 fully saturated rings. The van der Waals surface area contributed by atoms with Gasteiger partial charge < -0.3 is 4.74 Å². The summed E-state index contributed by atoms with van der Waals surface area (Å²) in [7, 11) is 4.17. The SMILES string of the molecule is CN(C)[C@@H](COc1cccc2ccccc12)c1ccccc1. The van der Waals surface area contributed by atoms with E-state index in [2.05, 4.69) is 73.6 Å². The summed E-state index contributed by atoms with van der Waals surface area (Å²) in [6.07, 6.45) is 0. The van der Waals surface area contributed by atoms with Gasteiger partial charge in [0.1, 0.15) is 12.4 Å². The molecule has 0 N–H and O–H groups in total. The zero-order valence-electron chi connectivity index (χ0n) is 13.1. The maximum atomic E-state index is 6.16. The Labute approximate surface area is 132 Å². The molecular weight excluding hydrogens is 270 g/mol. The Hall–Kier alpha value is -2.32. The van der Waals surface area contributed by atoms with Gasteiger partial charge in [-0.1, -0.05) is 66.7 Å². The zero-order valence-corrected chi connectivity index (χ0v) is 13.1. The second kappa shape index (κ2) is 6.63. The molecule has 2 nitrogen and oxygen atoms in total. The molecule has 0 radical (unpaired) electrons. The van der Waals surface area contributed by atoms with Crippen LogP contribution in [0.1, 0.15) is 11.6 Å². The van der Waals surface area contributed by atoms with Crippen LogP contribution in [-0.4, -0.2) is 25.6 Å². The quantitative estimate of drug-likeness (QED) is 0.685. The van der Waals surface area contributed by atoms with Crippen LogP contribution in [-0.2, 0) is 0 Å². The molecule has 0 amide bonds. The minimum absolute atomic E-state index is 0.236. The molecule has 2 heteroatoms. The molecule has 0 heterocycles. The van der Waals surface area contributed by atoms with E-state index in [1.54, 1.807) is 0 Å². The normalized spacial score (nSPS) is 12.5. The van der Waals surface area contributed by atoms with E-state index in [0.29, 0.717) is 6.61 Å². The molecular formula is C20H21NO. The Morgan fingerprint density at radius 3 is 2.27 bits per heavy atom. The highest BCUT2D eigenvalue weighted by Gasteiger charge is 2.15. The highest BCUT2D eigenvalue weighted by Crippen LogP contribution is 2.27. The van der Waals surface area contributed by atoms with Crippen molar-refractivity contribution in [3.8, 4) is 5.75 Å². The van der Waals surface area contributed by atoms with Crippen molar-refractivity contribution < 1.29 is 4.74 Å². The first-order valence-corrected chi connectivity index (χ1v) is 7.57. The molecule has 0 aliphatic heterocycles. The fourth-order valence-electron chi connectivity index (χ4n) is 2.71. The Kier molecular flexibility index (Phi) is 4.40. The molecule has 1 atom stereocenters. The number of nitrogens with zero attached hydrogens (tertiary/aromatic N) is 1. The lowest BCUT2D eigenvalue weighted by atomic mass is 10.1. The first-order valence-electron chi connectivity index (χ1n) is 7.57. The van der Waals surface area contributed by atoms with E-state index in [-0.39, 0.29) is 6.04 Å². The van der Waals surface area contributed by atoms with Crippen molar-refractivity contribution in [1.29, 1.82) is 0 Å². The highest BCUT2D eigenvalue weighted by atomic mass is 16.5. The smallest absolute Gasteiger partial charge is 0.127 e. The first-order chi connectivity index (χ1) is 10.8. The van der Waals surface area contributed by atoms with Crippen molar-refractivity contribution in [1.82, 2.24) is 4.90 Å². The molecule has 0 unspecified atom stereocenters. The van der Waals surface area contributed by atoms with E-state index in [9.17, 15) is 0 Å². The number of benzene rings is 3. The lowest BCUT2D eigenvalue weighted by Crippen LogP contribution is -2.25. The van der Waals surface area contributed by atoms with E-state index in [1.807, 2.05) is 18.2 Å². The number of likely N-dealkylation sites (N-methyl/N-ethyl adjacent to an activating group) is 1. The van der Waals surface area contributed by atoms with Gasteiger partial charge in [-0.3, -0.25) is 4.90 Å². The van der Waals surface area contributed by atoms with Crippen LogP contribution in [0.3, 0.4) is 0 Å². The monoisotopic (exact) mass is 291 g/mol. The van der Waals surface area contributed by atoms with Crippen LogP contribution >= 0.6 is 0 Å². The predicted octanol–water partition coefficient (Wildman–Crippen LogP) is 4.52. The van der Waals surface area contributed by atoms with Crippen molar-refractivity contribution >= 4 is 10.8 Å². The molecule has 0 saturated heterocycles. The molecule has 0 aliphatic carbocycles. The molecule has 3 rings (SSSR count). The van der Waals surface area contributed by atoms with E-state index in [1.165, 1.54) is 10.9 Å². The van der Waals surface area contributed by atoms with E-state index in [0.717, 1.165) is 11.1 Å². The Bertz CT molecular complexity index is 732. The summed E-state index contributed by atoms with van der Waals surface area (Å²) in [6, 6.07) is 25.3. The van der Waals surface area contributed by atoms with Crippen molar-refractivity contribution in [3.63, 3.8) is 0 Å². The fourth-order valence-corrected chi connectivity index (χ4v) is 2.71. The summed E-state index contributed by atoms with van der Waals surface area (Å²) in [5.41, 5.74) is 1.27. The van der Waals surface area contributed by atoms with Crippen molar-refractivity contribution in [2.24, 2.45) is 0 Å². The van der Waals surface area contributed by atoms with Crippen LogP contribution in [0.4, 0.5) is 0 Å². The standard InChI is InChI=1S/C20H21NO/c1-21(2)19(17-10-4-3-5-11-17)15-22-20-14-8-12-16-9-6-7-13-18(16)20/h3-14,19H,15H2,1-2H3/t19-/m0/s1. The summed E-state index contributed by atoms with van der Waals surface area (Å²) in [5, 5.41) is 2.37. The van der Waals surface area contributed by atoms with Gasteiger partial charge in [-0.25, -0.2) is 0 Å². The lowest BCUT2D eigenvalue weighted by molar-refractivity contribution is 0.188. The van der Waals surface area contributed by atoms with Gasteiger partial charge in [0.2, 0.25) is 0 Å². The van der Waals surface area contributed by atoms with Gasteiger partial charge in [-0.05, 0) is 31.1 Å². The van der Waals surface area contributed by atoms with E-state index < -0.39 is 0 Å². The maximum absolute atomic E-state index is 6.16. The minimum atomic E-state index is 0.236. The number of hydrogen-bond acceptors (Lipinski definition) is 2. The Balaban J connectivity index is 1.83. The molecule has 0 bridgehead atoms. The van der Waals surface area contributed by atoms with Crippen LogP contribution in [0, 0.1) is 0 Å². The molecule has 3 aromatic rings. The Morgan fingerprint density at radius 1 is 0.818 bits per heavy atom. The highest BCUT2D eigenvalue weighted by molar-refractivity contribution is 5.88. The molecule has 0 aromatic heterocycles. The predicted molar refractivity (Wildman–Crippen MR) is 92.3 cm³/mol. The second-order valence-electron chi connectivity index (χ2n) is 5.68. The topological polar surface area (TPSA) is 12.5 Å². The largest absolute Gasteiger partial charge is 0.491 e. The van der Waals surface area contributed by atoms with Gasteiger partial charge in [0.05, 0.1) is 6.04 Å². The summed E-state index contributed by atoms with van der Waals surface area (Å²) >= 11 is 0. The average molecular weight is 291 g/mol.